The van der Waals surface area contributed by atoms with Crippen molar-refractivity contribution in [3.8, 4) is 17.2 Å². The van der Waals surface area contributed by atoms with Crippen LogP contribution >= 0.6 is 0 Å². The summed E-state index contributed by atoms with van der Waals surface area (Å²) >= 11 is 0. The second-order valence-corrected chi connectivity index (χ2v) is 6.80. The highest BCUT2D eigenvalue weighted by molar-refractivity contribution is 5.81. The van der Waals surface area contributed by atoms with Crippen molar-refractivity contribution in [2.75, 3.05) is 14.2 Å². The van der Waals surface area contributed by atoms with Gasteiger partial charge in [-0.05, 0) is 75.6 Å². The monoisotopic (exact) mass is 371 g/mol. The summed E-state index contributed by atoms with van der Waals surface area (Å²) in [5.41, 5.74) is 4.14. The van der Waals surface area contributed by atoms with Gasteiger partial charge in [-0.25, -0.2) is 0 Å². The Labute approximate surface area is 161 Å². The molecule has 0 aromatic heterocycles. The van der Waals surface area contributed by atoms with Gasteiger partial charge in [-0.15, -0.1) is 0 Å². The highest BCUT2D eigenvalue weighted by Crippen LogP contribution is 2.29. The first kappa shape index (κ1) is 20.6. The van der Waals surface area contributed by atoms with Gasteiger partial charge in [0.25, 0.3) is 5.91 Å². The average Bonchev–Trinajstić information content (AvgIpc) is 2.64. The second-order valence-electron chi connectivity index (χ2n) is 6.80. The molecule has 0 aliphatic carbocycles. The molecule has 0 bridgehead atoms. The number of hydrogen-bond acceptors (Lipinski definition) is 4. The van der Waals surface area contributed by atoms with E-state index in [1.807, 2.05) is 52.0 Å². The predicted octanol–water partition coefficient (Wildman–Crippen LogP) is 4.27. The van der Waals surface area contributed by atoms with E-state index in [4.69, 9.17) is 14.2 Å². The number of benzene rings is 2. The summed E-state index contributed by atoms with van der Waals surface area (Å²) in [5.74, 6) is 1.96. The number of carbonyl (C=O) groups is 1. The highest BCUT2D eigenvalue weighted by atomic mass is 16.5. The van der Waals surface area contributed by atoms with Crippen LogP contribution in [0.15, 0.2) is 30.3 Å². The van der Waals surface area contributed by atoms with Crippen LogP contribution in [0, 0.1) is 20.8 Å². The van der Waals surface area contributed by atoms with Crippen LogP contribution in [-0.4, -0.2) is 26.2 Å². The van der Waals surface area contributed by atoms with Gasteiger partial charge in [-0.1, -0.05) is 6.07 Å². The fraction of sp³-hybridized carbons (Fsp3) is 0.409. The molecule has 5 nitrogen and oxygen atoms in total. The Morgan fingerprint density at radius 2 is 1.67 bits per heavy atom. The summed E-state index contributed by atoms with van der Waals surface area (Å²) in [4.78, 5) is 12.7. The molecule has 2 atom stereocenters. The maximum absolute atomic E-state index is 12.7. The van der Waals surface area contributed by atoms with E-state index in [2.05, 4.69) is 11.4 Å². The molecular weight excluding hydrogens is 342 g/mol. The minimum atomic E-state index is -0.621. The summed E-state index contributed by atoms with van der Waals surface area (Å²) < 4.78 is 16.6. The van der Waals surface area contributed by atoms with Crippen LogP contribution in [0.1, 0.15) is 42.1 Å². The van der Waals surface area contributed by atoms with Gasteiger partial charge in [-0.2, -0.15) is 0 Å². The van der Waals surface area contributed by atoms with Crippen molar-refractivity contribution in [2.24, 2.45) is 0 Å². The van der Waals surface area contributed by atoms with Gasteiger partial charge in [0.2, 0.25) is 0 Å². The van der Waals surface area contributed by atoms with E-state index in [9.17, 15) is 4.79 Å². The molecule has 2 rings (SSSR count). The molecule has 0 radical (unpaired) electrons. The maximum atomic E-state index is 12.7. The minimum Gasteiger partial charge on any atom is -0.497 e. The van der Waals surface area contributed by atoms with Gasteiger partial charge < -0.3 is 19.5 Å². The fourth-order valence-corrected chi connectivity index (χ4v) is 2.95. The molecule has 0 unspecified atom stereocenters. The number of rotatable bonds is 7. The molecule has 0 aliphatic rings. The van der Waals surface area contributed by atoms with E-state index in [0.717, 1.165) is 28.0 Å². The molecule has 2 aromatic carbocycles. The van der Waals surface area contributed by atoms with E-state index in [-0.39, 0.29) is 11.9 Å². The first-order valence-corrected chi connectivity index (χ1v) is 9.03. The fourth-order valence-electron chi connectivity index (χ4n) is 2.95. The molecule has 27 heavy (non-hydrogen) atoms. The number of nitrogens with one attached hydrogen (secondary N) is 1. The minimum absolute atomic E-state index is 0.189. The maximum Gasteiger partial charge on any atom is 0.261 e. The van der Waals surface area contributed by atoms with Gasteiger partial charge in [0.15, 0.2) is 6.10 Å². The molecule has 146 valence electrons. The molecule has 0 fully saturated rings. The number of aryl methyl sites for hydroxylation is 2. The van der Waals surface area contributed by atoms with Crippen LogP contribution in [-0.2, 0) is 4.79 Å². The van der Waals surface area contributed by atoms with E-state index >= 15 is 0 Å². The predicted molar refractivity (Wildman–Crippen MR) is 107 cm³/mol. The van der Waals surface area contributed by atoms with E-state index in [1.165, 1.54) is 0 Å². The first-order valence-electron chi connectivity index (χ1n) is 9.03. The van der Waals surface area contributed by atoms with Crippen molar-refractivity contribution >= 4 is 5.91 Å². The van der Waals surface area contributed by atoms with Crippen LogP contribution in [0.3, 0.4) is 0 Å². The van der Waals surface area contributed by atoms with Gasteiger partial charge in [-0.3, -0.25) is 4.79 Å². The van der Waals surface area contributed by atoms with Crippen LogP contribution in [0.2, 0.25) is 0 Å². The lowest BCUT2D eigenvalue weighted by atomic mass is 10.1. The van der Waals surface area contributed by atoms with Crippen molar-refractivity contribution < 1.29 is 19.0 Å². The first-order chi connectivity index (χ1) is 12.8. The standard InChI is InChI=1S/C22H29NO4/c1-13-10-14(2)15(3)21(11-13)27-17(5)22(24)23-16(4)19-12-18(25-6)8-9-20(19)26-7/h8-12,16-17H,1-7H3,(H,23,24)/t16-,17-/m0/s1. The zero-order valence-corrected chi connectivity index (χ0v) is 17.2. The Morgan fingerprint density at radius 3 is 2.30 bits per heavy atom. The smallest absolute Gasteiger partial charge is 0.261 e. The van der Waals surface area contributed by atoms with Gasteiger partial charge in [0.05, 0.1) is 20.3 Å². The number of carbonyl (C=O) groups excluding carboxylic acids is 1. The van der Waals surface area contributed by atoms with Crippen molar-refractivity contribution in [3.05, 3.63) is 52.6 Å². The molecule has 0 heterocycles. The number of hydrogen-bond donors (Lipinski definition) is 1. The molecule has 5 heteroatoms. The number of ether oxygens (including phenoxy) is 3. The topological polar surface area (TPSA) is 56.8 Å². The second kappa shape index (κ2) is 8.80. The van der Waals surface area contributed by atoms with Crippen molar-refractivity contribution in [3.63, 3.8) is 0 Å². The molecule has 2 aromatic rings. The summed E-state index contributed by atoms with van der Waals surface area (Å²) in [6, 6.07) is 9.32. The van der Waals surface area contributed by atoms with Gasteiger partial charge in [0, 0.05) is 5.56 Å². The Bertz CT molecular complexity index is 816. The third-order valence-electron chi connectivity index (χ3n) is 4.70. The van der Waals surface area contributed by atoms with E-state index < -0.39 is 6.10 Å². The van der Waals surface area contributed by atoms with Crippen LogP contribution in [0.4, 0.5) is 0 Å². The lowest BCUT2D eigenvalue weighted by molar-refractivity contribution is -0.127. The highest BCUT2D eigenvalue weighted by Gasteiger charge is 2.21. The molecule has 1 amide bonds. The summed E-state index contributed by atoms with van der Waals surface area (Å²) in [7, 11) is 3.21. The van der Waals surface area contributed by atoms with Crippen LogP contribution in [0.25, 0.3) is 0 Å². The van der Waals surface area contributed by atoms with Crippen molar-refractivity contribution in [2.45, 2.75) is 46.8 Å². The summed E-state index contributed by atoms with van der Waals surface area (Å²) in [6.45, 7) is 9.71. The van der Waals surface area contributed by atoms with Crippen LogP contribution < -0.4 is 19.5 Å². The third-order valence-corrected chi connectivity index (χ3v) is 4.70. The van der Waals surface area contributed by atoms with Gasteiger partial charge in [0.1, 0.15) is 17.2 Å². The number of methoxy groups -OCH3 is 2. The SMILES string of the molecule is COc1ccc(OC)c([C@H](C)NC(=O)[C@H](C)Oc2cc(C)cc(C)c2C)c1. The lowest BCUT2D eigenvalue weighted by Gasteiger charge is -2.22. The number of amides is 1. The largest absolute Gasteiger partial charge is 0.497 e. The normalized spacial score (nSPS) is 12.9. The third kappa shape index (κ3) is 4.94. The zero-order valence-electron chi connectivity index (χ0n) is 17.2. The van der Waals surface area contributed by atoms with Crippen molar-refractivity contribution in [1.82, 2.24) is 5.32 Å². The summed E-state index contributed by atoms with van der Waals surface area (Å²) in [5, 5.41) is 2.99. The Balaban J connectivity index is 2.12. The van der Waals surface area contributed by atoms with Gasteiger partial charge >= 0.3 is 0 Å². The molecular formula is C22H29NO4. The zero-order chi connectivity index (χ0) is 20.1. The van der Waals surface area contributed by atoms with E-state index in [1.54, 1.807) is 21.1 Å². The Kier molecular flexibility index (Phi) is 6.72. The molecule has 0 spiro atoms. The average molecular weight is 371 g/mol. The van der Waals surface area contributed by atoms with Crippen LogP contribution in [0.5, 0.6) is 17.2 Å². The van der Waals surface area contributed by atoms with E-state index in [0.29, 0.717) is 11.5 Å². The molecule has 0 saturated carbocycles. The molecule has 0 aliphatic heterocycles. The van der Waals surface area contributed by atoms with Crippen molar-refractivity contribution in [1.29, 1.82) is 0 Å². The molecule has 1 N–H and O–H groups in total. The summed E-state index contributed by atoms with van der Waals surface area (Å²) in [6.07, 6.45) is -0.621. The lowest BCUT2D eigenvalue weighted by Crippen LogP contribution is -2.38. The Morgan fingerprint density at radius 1 is 0.963 bits per heavy atom. The quantitative estimate of drug-likeness (QED) is 0.789. The molecule has 0 saturated heterocycles. The Hall–Kier alpha value is -2.69.